The molecule has 1 N–H and O–H groups in total. The zero-order valence-electron chi connectivity index (χ0n) is 13.0. The number of benzene rings is 1. The van der Waals surface area contributed by atoms with Crippen LogP contribution in [0.3, 0.4) is 0 Å². The third kappa shape index (κ3) is 4.74. The molecular formula is C16H22ClNO3. The van der Waals surface area contributed by atoms with Crippen molar-refractivity contribution in [3.8, 4) is 0 Å². The van der Waals surface area contributed by atoms with Gasteiger partial charge in [0.1, 0.15) is 5.54 Å². The number of hydrogen-bond donors (Lipinski definition) is 1. The lowest BCUT2D eigenvalue weighted by Crippen LogP contribution is -2.53. The normalized spacial score (nSPS) is 13.4. The molecule has 5 heteroatoms. The minimum absolute atomic E-state index is 0.134. The predicted molar refractivity (Wildman–Crippen MR) is 83.4 cm³/mol. The Balaban J connectivity index is 2.81. The standard InChI is InChI=1S/C16H22ClNO3/c1-5-8-16(3,15(20)21-4)18-14(19)10-12-7-6-11(2)9-13(12)17/h6-7,9H,5,8,10H2,1-4H3,(H,18,19). The zero-order chi connectivity index (χ0) is 16.0. The van der Waals surface area contributed by atoms with E-state index in [0.717, 1.165) is 17.5 Å². The van der Waals surface area contributed by atoms with Gasteiger partial charge in [-0.2, -0.15) is 0 Å². The highest BCUT2D eigenvalue weighted by atomic mass is 35.5. The summed E-state index contributed by atoms with van der Waals surface area (Å²) >= 11 is 6.12. The number of halogens is 1. The highest BCUT2D eigenvalue weighted by Gasteiger charge is 2.35. The lowest BCUT2D eigenvalue weighted by molar-refractivity contribution is -0.150. The molecule has 0 bridgehead atoms. The molecule has 0 fully saturated rings. The second-order valence-electron chi connectivity index (χ2n) is 5.39. The van der Waals surface area contributed by atoms with Crippen LogP contribution in [0.4, 0.5) is 0 Å². The van der Waals surface area contributed by atoms with Gasteiger partial charge in [-0.05, 0) is 37.5 Å². The molecule has 0 saturated heterocycles. The Kier molecular flexibility index (Phi) is 6.21. The average molecular weight is 312 g/mol. The van der Waals surface area contributed by atoms with Gasteiger partial charge in [0, 0.05) is 5.02 Å². The number of methoxy groups -OCH3 is 1. The molecule has 0 aromatic heterocycles. The smallest absolute Gasteiger partial charge is 0.331 e. The van der Waals surface area contributed by atoms with Gasteiger partial charge in [-0.1, -0.05) is 37.1 Å². The average Bonchev–Trinajstić information content (AvgIpc) is 2.41. The SMILES string of the molecule is CCCC(C)(NC(=O)Cc1ccc(C)cc1Cl)C(=O)OC. The van der Waals surface area contributed by atoms with Crippen molar-refractivity contribution in [1.82, 2.24) is 5.32 Å². The van der Waals surface area contributed by atoms with E-state index < -0.39 is 11.5 Å². The Labute approximate surface area is 130 Å². The molecule has 1 aromatic carbocycles. The molecule has 0 aliphatic rings. The van der Waals surface area contributed by atoms with E-state index >= 15 is 0 Å². The number of carbonyl (C=O) groups excluding carboxylic acids is 2. The van der Waals surface area contributed by atoms with Gasteiger partial charge < -0.3 is 10.1 Å². The Hall–Kier alpha value is -1.55. The second kappa shape index (κ2) is 7.46. The molecule has 1 atom stereocenters. The summed E-state index contributed by atoms with van der Waals surface area (Å²) in [4.78, 5) is 24.0. The van der Waals surface area contributed by atoms with Crippen molar-refractivity contribution >= 4 is 23.5 Å². The first kappa shape index (κ1) is 17.5. The summed E-state index contributed by atoms with van der Waals surface area (Å²) in [5, 5.41) is 3.32. The Morgan fingerprint density at radius 3 is 2.57 bits per heavy atom. The number of esters is 1. The van der Waals surface area contributed by atoms with Crippen molar-refractivity contribution in [3.05, 3.63) is 34.3 Å². The number of amides is 1. The van der Waals surface area contributed by atoms with E-state index in [4.69, 9.17) is 16.3 Å². The van der Waals surface area contributed by atoms with Gasteiger partial charge in [-0.25, -0.2) is 4.79 Å². The maximum Gasteiger partial charge on any atom is 0.331 e. The van der Waals surface area contributed by atoms with Crippen molar-refractivity contribution < 1.29 is 14.3 Å². The second-order valence-corrected chi connectivity index (χ2v) is 5.80. The highest BCUT2D eigenvalue weighted by molar-refractivity contribution is 6.31. The van der Waals surface area contributed by atoms with Crippen molar-refractivity contribution in [2.45, 2.75) is 45.6 Å². The van der Waals surface area contributed by atoms with E-state index in [0.29, 0.717) is 11.4 Å². The van der Waals surface area contributed by atoms with Crippen LogP contribution in [-0.4, -0.2) is 24.5 Å². The summed E-state index contributed by atoms with van der Waals surface area (Å²) in [6.45, 7) is 5.56. The van der Waals surface area contributed by atoms with Crippen molar-refractivity contribution in [2.75, 3.05) is 7.11 Å². The molecule has 1 rings (SSSR count). The van der Waals surface area contributed by atoms with Crippen LogP contribution in [0.1, 0.15) is 37.8 Å². The van der Waals surface area contributed by atoms with Crippen LogP contribution in [0, 0.1) is 6.92 Å². The number of carbonyl (C=O) groups is 2. The third-order valence-electron chi connectivity index (χ3n) is 3.36. The Morgan fingerprint density at radius 1 is 1.38 bits per heavy atom. The topological polar surface area (TPSA) is 55.4 Å². The minimum Gasteiger partial charge on any atom is -0.467 e. The van der Waals surface area contributed by atoms with E-state index in [1.54, 1.807) is 6.92 Å². The molecular weight excluding hydrogens is 290 g/mol. The van der Waals surface area contributed by atoms with Crippen molar-refractivity contribution in [2.24, 2.45) is 0 Å². The third-order valence-corrected chi connectivity index (χ3v) is 3.71. The largest absolute Gasteiger partial charge is 0.467 e. The van der Waals surface area contributed by atoms with Gasteiger partial charge in [0.15, 0.2) is 0 Å². The maximum atomic E-state index is 12.2. The molecule has 21 heavy (non-hydrogen) atoms. The van der Waals surface area contributed by atoms with Crippen LogP contribution in [0.2, 0.25) is 5.02 Å². The fourth-order valence-corrected chi connectivity index (χ4v) is 2.56. The Morgan fingerprint density at radius 2 is 2.05 bits per heavy atom. The first-order valence-electron chi connectivity index (χ1n) is 6.97. The summed E-state index contributed by atoms with van der Waals surface area (Å²) in [6.07, 6.45) is 1.42. The van der Waals surface area contributed by atoms with Gasteiger partial charge in [0.25, 0.3) is 0 Å². The number of rotatable bonds is 6. The van der Waals surface area contributed by atoms with Crippen molar-refractivity contribution in [1.29, 1.82) is 0 Å². The molecule has 0 aliphatic heterocycles. The Bertz CT molecular complexity index is 530. The minimum atomic E-state index is -1.00. The van der Waals surface area contributed by atoms with E-state index in [1.807, 2.05) is 32.0 Å². The van der Waals surface area contributed by atoms with Crippen LogP contribution in [-0.2, 0) is 20.7 Å². The predicted octanol–water partition coefficient (Wildman–Crippen LogP) is 3.04. The molecule has 0 spiro atoms. The first-order chi connectivity index (χ1) is 9.82. The maximum absolute atomic E-state index is 12.2. The van der Waals surface area contributed by atoms with E-state index in [-0.39, 0.29) is 12.3 Å². The van der Waals surface area contributed by atoms with Gasteiger partial charge >= 0.3 is 5.97 Å². The van der Waals surface area contributed by atoms with Gasteiger partial charge in [0.2, 0.25) is 5.91 Å². The van der Waals surface area contributed by atoms with Crippen LogP contribution >= 0.6 is 11.6 Å². The van der Waals surface area contributed by atoms with Crippen LogP contribution in [0.15, 0.2) is 18.2 Å². The van der Waals surface area contributed by atoms with Gasteiger partial charge in [0.05, 0.1) is 13.5 Å². The molecule has 4 nitrogen and oxygen atoms in total. The van der Waals surface area contributed by atoms with Crippen LogP contribution < -0.4 is 5.32 Å². The quantitative estimate of drug-likeness (QED) is 0.822. The molecule has 0 aliphatic carbocycles. The molecule has 1 unspecified atom stereocenters. The molecule has 1 aromatic rings. The lowest BCUT2D eigenvalue weighted by Gasteiger charge is -2.27. The monoisotopic (exact) mass is 311 g/mol. The summed E-state index contributed by atoms with van der Waals surface area (Å²) in [5.41, 5.74) is 0.774. The molecule has 116 valence electrons. The summed E-state index contributed by atoms with van der Waals surface area (Å²) in [6, 6.07) is 5.54. The number of ether oxygens (including phenoxy) is 1. The number of nitrogens with one attached hydrogen (secondary N) is 1. The van der Waals surface area contributed by atoms with E-state index in [2.05, 4.69) is 5.32 Å². The first-order valence-corrected chi connectivity index (χ1v) is 7.34. The highest BCUT2D eigenvalue weighted by Crippen LogP contribution is 2.19. The molecule has 0 radical (unpaired) electrons. The molecule has 0 saturated carbocycles. The number of aryl methyl sites for hydroxylation is 1. The van der Waals surface area contributed by atoms with Crippen molar-refractivity contribution in [3.63, 3.8) is 0 Å². The summed E-state index contributed by atoms with van der Waals surface area (Å²) in [7, 11) is 1.32. The number of hydrogen-bond acceptors (Lipinski definition) is 3. The lowest BCUT2D eigenvalue weighted by atomic mass is 9.95. The summed E-state index contributed by atoms with van der Waals surface area (Å²) in [5.74, 6) is -0.685. The van der Waals surface area contributed by atoms with E-state index in [9.17, 15) is 9.59 Å². The van der Waals surface area contributed by atoms with Gasteiger partial charge in [-0.3, -0.25) is 4.79 Å². The zero-order valence-corrected chi connectivity index (χ0v) is 13.7. The van der Waals surface area contributed by atoms with Gasteiger partial charge in [-0.15, -0.1) is 0 Å². The molecule has 0 heterocycles. The van der Waals surface area contributed by atoms with E-state index in [1.165, 1.54) is 7.11 Å². The molecule has 1 amide bonds. The fourth-order valence-electron chi connectivity index (χ4n) is 2.26. The van der Waals surface area contributed by atoms with Crippen LogP contribution in [0.5, 0.6) is 0 Å². The fraction of sp³-hybridized carbons (Fsp3) is 0.500. The van der Waals surface area contributed by atoms with Crippen LogP contribution in [0.25, 0.3) is 0 Å². The summed E-state index contributed by atoms with van der Waals surface area (Å²) < 4.78 is 4.78.